The van der Waals surface area contributed by atoms with Crippen molar-refractivity contribution in [2.45, 2.75) is 32.9 Å². The molecule has 0 radical (unpaired) electrons. The number of para-hydroxylation sites is 1. The molecular weight excluding hydrogens is 415 g/mol. The van der Waals surface area contributed by atoms with E-state index in [0.29, 0.717) is 31.9 Å². The van der Waals surface area contributed by atoms with Gasteiger partial charge in [-0.05, 0) is 44.4 Å². The maximum Gasteiger partial charge on any atom is 0.311 e. The lowest BCUT2D eigenvalue weighted by Gasteiger charge is -2.42. The Kier molecular flexibility index (Phi) is 8.03. The number of piperazine rings is 1. The number of nitrogens with zero attached hydrogens (tertiary/aromatic N) is 3. The van der Waals surface area contributed by atoms with Crippen molar-refractivity contribution < 1.29 is 14.0 Å². The summed E-state index contributed by atoms with van der Waals surface area (Å²) in [5.74, 6) is -1.27. The highest BCUT2D eigenvalue weighted by Crippen LogP contribution is 2.30. The van der Waals surface area contributed by atoms with Crippen LogP contribution in [0.25, 0.3) is 0 Å². The molecule has 6 nitrogen and oxygen atoms in total. The van der Waals surface area contributed by atoms with E-state index in [1.807, 2.05) is 44.4 Å². The van der Waals surface area contributed by atoms with Crippen LogP contribution in [-0.2, 0) is 9.59 Å². The van der Waals surface area contributed by atoms with Crippen LogP contribution in [-0.4, -0.2) is 66.9 Å². The van der Waals surface area contributed by atoms with Crippen molar-refractivity contribution in [3.63, 3.8) is 0 Å². The van der Waals surface area contributed by atoms with Crippen molar-refractivity contribution in [1.82, 2.24) is 15.1 Å². The highest BCUT2D eigenvalue weighted by Gasteiger charge is 2.32. The van der Waals surface area contributed by atoms with Crippen LogP contribution in [0.5, 0.6) is 0 Å². The molecule has 8 heteroatoms. The Morgan fingerprint density at radius 3 is 2.35 bits per heavy atom. The molecule has 1 saturated heterocycles. The molecule has 1 aromatic carbocycles. The molecule has 0 aliphatic carbocycles. The van der Waals surface area contributed by atoms with Crippen LogP contribution < -0.4 is 10.2 Å². The highest BCUT2D eigenvalue weighted by molar-refractivity contribution is 7.10. The molecule has 0 unspecified atom stereocenters. The Bertz CT molecular complexity index is 864. The van der Waals surface area contributed by atoms with E-state index in [2.05, 4.69) is 21.2 Å². The molecule has 0 saturated carbocycles. The number of nitrogens with one attached hydrogen (secondary N) is 1. The van der Waals surface area contributed by atoms with Crippen LogP contribution in [0.4, 0.5) is 10.1 Å². The van der Waals surface area contributed by atoms with Gasteiger partial charge in [-0.2, -0.15) is 0 Å². The summed E-state index contributed by atoms with van der Waals surface area (Å²) < 4.78 is 14.2. The predicted molar refractivity (Wildman–Crippen MR) is 123 cm³/mol. The minimum atomic E-state index is -0.567. The molecule has 1 fully saturated rings. The van der Waals surface area contributed by atoms with E-state index in [4.69, 9.17) is 0 Å². The van der Waals surface area contributed by atoms with E-state index in [1.54, 1.807) is 17.4 Å². The zero-order valence-electron chi connectivity index (χ0n) is 18.4. The third kappa shape index (κ3) is 5.43. The number of anilines is 1. The number of benzene rings is 1. The molecular formula is C23H31FN4O2S. The molecule has 2 amide bonds. The summed E-state index contributed by atoms with van der Waals surface area (Å²) in [5, 5.41) is 4.95. The van der Waals surface area contributed by atoms with Crippen LogP contribution >= 0.6 is 11.3 Å². The average molecular weight is 447 g/mol. The van der Waals surface area contributed by atoms with Gasteiger partial charge in [-0.25, -0.2) is 4.39 Å². The van der Waals surface area contributed by atoms with E-state index < -0.39 is 11.8 Å². The first-order valence-corrected chi connectivity index (χ1v) is 11.7. The molecule has 1 N–H and O–H groups in total. The van der Waals surface area contributed by atoms with Crippen molar-refractivity contribution in [1.29, 1.82) is 0 Å². The number of rotatable bonds is 7. The first-order valence-electron chi connectivity index (χ1n) is 10.8. The molecule has 1 aliphatic heterocycles. The number of halogens is 1. The monoisotopic (exact) mass is 446 g/mol. The summed E-state index contributed by atoms with van der Waals surface area (Å²) in [4.78, 5) is 32.0. The first-order chi connectivity index (χ1) is 15.0. The third-order valence-electron chi connectivity index (χ3n) is 5.81. The average Bonchev–Trinajstić information content (AvgIpc) is 3.30. The van der Waals surface area contributed by atoms with Gasteiger partial charge in [0.25, 0.3) is 0 Å². The molecule has 2 heterocycles. The van der Waals surface area contributed by atoms with Gasteiger partial charge in [0.2, 0.25) is 0 Å². The predicted octanol–water partition coefficient (Wildman–Crippen LogP) is 3.12. The third-order valence-corrected chi connectivity index (χ3v) is 6.76. The maximum absolute atomic E-state index is 14.2. The molecule has 2 aromatic rings. The van der Waals surface area contributed by atoms with Gasteiger partial charge >= 0.3 is 11.8 Å². The van der Waals surface area contributed by atoms with Crippen LogP contribution in [0, 0.1) is 5.82 Å². The second kappa shape index (κ2) is 10.7. The highest BCUT2D eigenvalue weighted by atomic mass is 32.1. The largest absolute Gasteiger partial charge is 0.367 e. The van der Waals surface area contributed by atoms with Gasteiger partial charge in [0, 0.05) is 50.2 Å². The van der Waals surface area contributed by atoms with Crippen LogP contribution in [0.2, 0.25) is 0 Å². The Labute approximate surface area is 187 Å². The van der Waals surface area contributed by atoms with Gasteiger partial charge in [0.1, 0.15) is 5.82 Å². The quantitative estimate of drug-likeness (QED) is 0.664. The van der Waals surface area contributed by atoms with Crippen molar-refractivity contribution in [2.75, 3.05) is 44.2 Å². The zero-order valence-corrected chi connectivity index (χ0v) is 19.2. The van der Waals surface area contributed by atoms with E-state index in [9.17, 15) is 14.0 Å². The summed E-state index contributed by atoms with van der Waals surface area (Å²) >= 11 is 1.64. The molecule has 3 rings (SSSR count). The van der Waals surface area contributed by atoms with Crippen molar-refractivity contribution in [2.24, 2.45) is 0 Å². The van der Waals surface area contributed by atoms with E-state index >= 15 is 0 Å². The summed E-state index contributed by atoms with van der Waals surface area (Å²) in [6, 6.07) is 10.6. The molecule has 168 valence electrons. The Morgan fingerprint density at radius 2 is 1.77 bits per heavy atom. The molecule has 0 bridgehead atoms. The van der Waals surface area contributed by atoms with Gasteiger partial charge in [0.15, 0.2) is 0 Å². The zero-order chi connectivity index (χ0) is 22.4. The summed E-state index contributed by atoms with van der Waals surface area (Å²) in [5.41, 5.74) is 0.626. The van der Waals surface area contributed by atoms with Crippen molar-refractivity contribution in [3.8, 4) is 0 Å². The lowest BCUT2D eigenvalue weighted by Crippen LogP contribution is -2.54. The fourth-order valence-electron chi connectivity index (χ4n) is 4.15. The minimum absolute atomic E-state index is 0.0452. The lowest BCUT2D eigenvalue weighted by atomic mass is 10.0. The minimum Gasteiger partial charge on any atom is -0.367 e. The molecule has 1 aliphatic rings. The summed E-state index contributed by atoms with van der Waals surface area (Å²) in [6.45, 7) is 9.54. The van der Waals surface area contributed by atoms with Crippen LogP contribution in [0.3, 0.4) is 0 Å². The smallest absolute Gasteiger partial charge is 0.311 e. The van der Waals surface area contributed by atoms with Gasteiger partial charge in [-0.1, -0.05) is 18.2 Å². The van der Waals surface area contributed by atoms with Gasteiger partial charge < -0.3 is 15.1 Å². The second-order valence-electron chi connectivity index (χ2n) is 7.67. The number of thiophene rings is 1. The molecule has 31 heavy (non-hydrogen) atoms. The van der Waals surface area contributed by atoms with E-state index in [1.165, 1.54) is 11.0 Å². The van der Waals surface area contributed by atoms with Gasteiger partial charge in [-0.15, -0.1) is 11.3 Å². The topological polar surface area (TPSA) is 55.9 Å². The van der Waals surface area contributed by atoms with Gasteiger partial charge in [-0.3, -0.25) is 14.5 Å². The maximum atomic E-state index is 14.2. The van der Waals surface area contributed by atoms with Crippen LogP contribution in [0.15, 0.2) is 41.8 Å². The van der Waals surface area contributed by atoms with Crippen molar-refractivity contribution >= 4 is 28.8 Å². The number of hydrogen-bond acceptors (Lipinski definition) is 5. The first kappa shape index (κ1) is 23.2. The van der Waals surface area contributed by atoms with E-state index in [0.717, 1.165) is 18.0 Å². The van der Waals surface area contributed by atoms with Crippen LogP contribution in [0.1, 0.15) is 31.7 Å². The Hall–Kier alpha value is -2.45. The Morgan fingerprint density at radius 1 is 1.10 bits per heavy atom. The number of likely N-dealkylation sites (N-methyl/N-ethyl adjacent to an activating group) is 1. The molecule has 1 aromatic heterocycles. The van der Waals surface area contributed by atoms with Gasteiger partial charge in [0.05, 0.1) is 11.7 Å². The molecule has 0 spiro atoms. The van der Waals surface area contributed by atoms with E-state index in [-0.39, 0.29) is 17.9 Å². The number of carbonyl (C=O) groups excluding carboxylic acids is 2. The lowest BCUT2D eigenvalue weighted by molar-refractivity contribution is -0.146. The number of amides is 2. The van der Waals surface area contributed by atoms with Crippen molar-refractivity contribution in [3.05, 3.63) is 52.5 Å². The fraction of sp³-hybridized carbons (Fsp3) is 0.478. The SMILES string of the molecule is CCN(CC)C(=O)C(=O)N[C@H](C)[C@@H](c1cccs1)N1CCN(c2ccccc2F)CC1. The Balaban J connectivity index is 1.70. The fourth-order valence-corrected chi connectivity index (χ4v) is 5.12. The molecule has 2 atom stereocenters. The second-order valence-corrected chi connectivity index (χ2v) is 8.65. The standard InChI is InChI=1S/C23H31FN4O2S/c1-4-26(5-2)23(30)22(29)25-17(3)21(20-11-8-16-31-20)28-14-12-27(13-15-28)19-10-7-6-9-18(19)24/h6-11,16-17,21H,4-5,12-15H2,1-3H3,(H,25,29)/t17-,21+/m1/s1. The summed E-state index contributed by atoms with van der Waals surface area (Å²) in [7, 11) is 0. The normalized spacial score (nSPS) is 16.6. The number of hydrogen-bond donors (Lipinski definition) is 1. The summed E-state index contributed by atoms with van der Waals surface area (Å²) in [6.07, 6.45) is 0. The number of carbonyl (C=O) groups is 2.